The largest absolute Gasteiger partial charge is 0.469 e. The second-order valence-electron chi connectivity index (χ2n) is 9.14. The van der Waals surface area contributed by atoms with E-state index in [1.165, 1.54) is 128 Å². The Hall–Kier alpha value is 0.400. The Morgan fingerprint density at radius 2 is 0.677 bits per heavy atom. The van der Waals surface area contributed by atoms with Crippen LogP contribution in [0.3, 0.4) is 0 Å². The minimum absolute atomic E-state index is 0.167. The lowest BCUT2D eigenvalue weighted by molar-refractivity contribution is 0.193. The summed E-state index contributed by atoms with van der Waals surface area (Å²) in [5.41, 5.74) is 0. The highest BCUT2D eigenvalue weighted by molar-refractivity contribution is 7.46. The van der Waals surface area contributed by atoms with Gasteiger partial charge in [-0.25, -0.2) is 4.57 Å². The zero-order valence-corrected chi connectivity index (χ0v) is 21.9. The van der Waals surface area contributed by atoms with Gasteiger partial charge in [0, 0.05) is 5.88 Å². The summed E-state index contributed by atoms with van der Waals surface area (Å²) < 4.78 is 15.0. The van der Waals surface area contributed by atoms with Gasteiger partial charge in [0.25, 0.3) is 0 Å². The average Bonchev–Trinajstić information content (AvgIpc) is 2.73. The van der Waals surface area contributed by atoms with Crippen LogP contribution < -0.4 is 0 Å². The molecule has 0 bridgehead atoms. The summed E-state index contributed by atoms with van der Waals surface area (Å²) in [5.74, 6) is 0.827. The predicted molar refractivity (Wildman–Crippen MR) is 135 cm³/mol. The molecule has 6 heteroatoms. The van der Waals surface area contributed by atoms with Crippen molar-refractivity contribution in [2.75, 3.05) is 12.5 Å². The van der Waals surface area contributed by atoms with E-state index in [1.807, 2.05) is 0 Å². The summed E-state index contributed by atoms with van der Waals surface area (Å²) in [5, 5.41) is 0. The first-order valence-corrected chi connectivity index (χ1v) is 15.4. The van der Waals surface area contributed by atoms with Gasteiger partial charge in [-0.2, -0.15) is 0 Å². The maximum atomic E-state index is 10.5. The van der Waals surface area contributed by atoms with E-state index in [0.717, 1.165) is 25.1 Å². The van der Waals surface area contributed by atoms with E-state index in [0.29, 0.717) is 0 Å². The van der Waals surface area contributed by atoms with Gasteiger partial charge in [0.1, 0.15) is 0 Å². The molecule has 0 unspecified atom stereocenters. The molecule has 0 spiro atoms. The maximum absolute atomic E-state index is 10.5. The molecule has 0 saturated heterocycles. The van der Waals surface area contributed by atoms with Gasteiger partial charge in [0.2, 0.25) is 0 Å². The van der Waals surface area contributed by atoms with Crippen LogP contribution in [0.4, 0.5) is 0 Å². The minimum Gasteiger partial charge on any atom is -0.303 e. The van der Waals surface area contributed by atoms with E-state index in [-0.39, 0.29) is 6.61 Å². The van der Waals surface area contributed by atoms with E-state index in [9.17, 15) is 4.57 Å². The van der Waals surface area contributed by atoms with E-state index in [4.69, 9.17) is 21.4 Å². The monoisotopic (exact) mass is 482 g/mol. The molecule has 0 aliphatic rings. The zero-order valence-electron chi connectivity index (χ0n) is 20.2. The summed E-state index contributed by atoms with van der Waals surface area (Å²) in [4.78, 5) is 17.2. The first-order valence-electron chi connectivity index (χ1n) is 13.3. The molecule has 0 aromatic rings. The van der Waals surface area contributed by atoms with Crippen molar-refractivity contribution in [3.63, 3.8) is 0 Å². The Bertz CT molecular complexity index is 390. The molecule has 4 nitrogen and oxygen atoms in total. The molecule has 0 heterocycles. The van der Waals surface area contributed by atoms with Crippen molar-refractivity contribution in [2.24, 2.45) is 0 Å². The zero-order chi connectivity index (χ0) is 22.9. The molecular formula is C25H52ClO4P. The average molecular weight is 483 g/mol. The lowest BCUT2D eigenvalue weighted by atomic mass is 10.0. The van der Waals surface area contributed by atoms with E-state index < -0.39 is 7.82 Å². The SMILES string of the molecule is O=P(O)(O)OCCCCCCCCCCCCCCCCCCCCCCCCCCl. The number of phosphoric acid groups is 1. The van der Waals surface area contributed by atoms with Gasteiger partial charge in [0.05, 0.1) is 6.61 Å². The summed E-state index contributed by atoms with van der Waals surface area (Å²) in [6.07, 6.45) is 30.3. The van der Waals surface area contributed by atoms with Crippen molar-refractivity contribution in [2.45, 2.75) is 148 Å². The van der Waals surface area contributed by atoms with E-state index in [1.54, 1.807) is 0 Å². The van der Waals surface area contributed by atoms with E-state index in [2.05, 4.69) is 4.52 Å². The molecule has 0 fully saturated rings. The summed E-state index contributed by atoms with van der Waals surface area (Å²) in [6.45, 7) is 0.167. The number of unbranched alkanes of at least 4 members (excludes halogenated alkanes) is 22. The molecule has 2 N–H and O–H groups in total. The van der Waals surface area contributed by atoms with Crippen LogP contribution in [0.2, 0.25) is 0 Å². The van der Waals surface area contributed by atoms with Crippen LogP contribution in [-0.2, 0) is 9.09 Å². The third kappa shape index (κ3) is 30.4. The Morgan fingerprint density at radius 3 is 0.903 bits per heavy atom. The Labute approximate surface area is 198 Å². The number of phosphoric ester groups is 1. The second kappa shape index (κ2) is 25.0. The molecule has 0 aliphatic carbocycles. The van der Waals surface area contributed by atoms with Crippen molar-refractivity contribution >= 4 is 19.4 Å². The van der Waals surface area contributed by atoms with Crippen molar-refractivity contribution in [3.8, 4) is 0 Å². The standard InChI is InChI=1S/C25H52ClO4P/c26-24-22-20-18-16-14-12-10-8-6-4-2-1-3-5-7-9-11-13-15-17-19-21-23-25-30-31(27,28)29/h1-25H2,(H2,27,28,29). The van der Waals surface area contributed by atoms with Crippen LogP contribution in [0.25, 0.3) is 0 Å². The molecule has 0 amide bonds. The summed E-state index contributed by atoms with van der Waals surface area (Å²) in [7, 11) is -4.27. The smallest absolute Gasteiger partial charge is 0.303 e. The lowest BCUT2D eigenvalue weighted by Crippen LogP contribution is -1.92. The Morgan fingerprint density at radius 1 is 0.452 bits per heavy atom. The molecule has 0 atom stereocenters. The molecule has 0 aromatic heterocycles. The van der Waals surface area contributed by atoms with Gasteiger partial charge in [-0.1, -0.05) is 135 Å². The first kappa shape index (κ1) is 31.4. The van der Waals surface area contributed by atoms with Crippen LogP contribution in [0.15, 0.2) is 0 Å². The van der Waals surface area contributed by atoms with Crippen LogP contribution in [0.1, 0.15) is 148 Å². The quantitative estimate of drug-likeness (QED) is 0.0731. The van der Waals surface area contributed by atoms with Gasteiger partial charge in [0.15, 0.2) is 0 Å². The summed E-state index contributed by atoms with van der Waals surface area (Å²) in [6, 6.07) is 0. The van der Waals surface area contributed by atoms with E-state index >= 15 is 0 Å². The first-order chi connectivity index (χ1) is 15.1. The highest BCUT2D eigenvalue weighted by atomic mass is 35.5. The summed E-state index contributed by atoms with van der Waals surface area (Å²) >= 11 is 5.69. The normalized spacial score (nSPS) is 12.0. The van der Waals surface area contributed by atoms with Crippen molar-refractivity contribution in [1.29, 1.82) is 0 Å². The number of rotatable bonds is 26. The lowest BCUT2D eigenvalue weighted by Gasteiger charge is -2.05. The topological polar surface area (TPSA) is 66.8 Å². The van der Waals surface area contributed by atoms with Gasteiger partial charge in [-0.05, 0) is 12.8 Å². The molecule has 188 valence electrons. The number of hydrogen-bond donors (Lipinski definition) is 2. The van der Waals surface area contributed by atoms with Crippen LogP contribution >= 0.6 is 19.4 Å². The fourth-order valence-corrected chi connectivity index (χ4v) is 4.65. The van der Waals surface area contributed by atoms with Gasteiger partial charge in [-0.15, -0.1) is 11.6 Å². The number of hydrogen-bond acceptors (Lipinski definition) is 2. The Balaban J connectivity index is 3.03. The molecular weight excluding hydrogens is 431 g/mol. The van der Waals surface area contributed by atoms with Gasteiger partial charge < -0.3 is 9.79 Å². The fourth-order valence-electron chi connectivity index (χ4n) is 4.09. The third-order valence-corrected chi connectivity index (χ3v) is 6.82. The van der Waals surface area contributed by atoms with Crippen molar-refractivity contribution in [3.05, 3.63) is 0 Å². The maximum Gasteiger partial charge on any atom is 0.469 e. The predicted octanol–water partition coefficient (Wildman–Crippen LogP) is 9.31. The van der Waals surface area contributed by atoms with Gasteiger partial charge >= 0.3 is 7.82 Å². The Kier molecular flexibility index (Phi) is 25.4. The number of alkyl halides is 1. The van der Waals surface area contributed by atoms with Crippen molar-refractivity contribution < 1.29 is 18.9 Å². The molecule has 31 heavy (non-hydrogen) atoms. The van der Waals surface area contributed by atoms with Crippen molar-refractivity contribution in [1.82, 2.24) is 0 Å². The molecule has 0 aromatic carbocycles. The highest BCUT2D eigenvalue weighted by Crippen LogP contribution is 2.35. The molecule has 0 rings (SSSR count). The van der Waals surface area contributed by atoms with Crippen LogP contribution in [0.5, 0.6) is 0 Å². The third-order valence-electron chi connectivity index (χ3n) is 6.04. The van der Waals surface area contributed by atoms with Crippen LogP contribution in [-0.4, -0.2) is 22.3 Å². The second-order valence-corrected chi connectivity index (χ2v) is 10.8. The molecule has 0 radical (unpaired) electrons. The highest BCUT2D eigenvalue weighted by Gasteiger charge is 2.12. The molecule has 0 saturated carbocycles. The fraction of sp³-hybridized carbons (Fsp3) is 1.00. The van der Waals surface area contributed by atoms with Gasteiger partial charge in [-0.3, -0.25) is 4.52 Å². The van der Waals surface area contributed by atoms with Crippen LogP contribution in [0, 0.1) is 0 Å². The molecule has 0 aliphatic heterocycles. The minimum atomic E-state index is -4.27. The number of halogens is 1.